The quantitative estimate of drug-likeness (QED) is 0.704. The first kappa shape index (κ1) is 14.9. The van der Waals surface area contributed by atoms with Crippen LogP contribution < -0.4 is 5.32 Å². The van der Waals surface area contributed by atoms with Crippen molar-refractivity contribution >= 4 is 0 Å². The van der Waals surface area contributed by atoms with Crippen molar-refractivity contribution in [3.05, 3.63) is 0 Å². The highest BCUT2D eigenvalue weighted by molar-refractivity contribution is 4.67. The largest absolute Gasteiger partial charge is 0.377 e. The molecule has 2 nitrogen and oxygen atoms in total. The molecule has 0 aromatic carbocycles. The number of rotatable bonds is 7. The van der Waals surface area contributed by atoms with E-state index in [9.17, 15) is 0 Å². The van der Waals surface area contributed by atoms with Gasteiger partial charge in [0.25, 0.3) is 0 Å². The van der Waals surface area contributed by atoms with Gasteiger partial charge in [-0.1, -0.05) is 41.5 Å². The maximum absolute atomic E-state index is 5.92. The van der Waals surface area contributed by atoms with E-state index in [1.54, 1.807) is 0 Å². The summed E-state index contributed by atoms with van der Waals surface area (Å²) in [4.78, 5) is 0. The van der Waals surface area contributed by atoms with E-state index in [1.807, 2.05) is 0 Å². The van der Waals surface area contributed by atoms with Crippen LogP contribution in [0.15, 0.2) is 0 Å². The lowest BCUT2D eigenvalue weighted by Crippen LogP contribution is -2.33. The van der Waals surface area contributed by atoms with Crippen molar-refractivity contribution in [1.29, 1.82) is 0 Å². The van der Waals surface area contributed by atoms with E-state index in [-0.39, 0.29) is 0 Å². The van der Waals surface area contributed by atoms with Crippen LogP contribution in [-0.4, -0.2) is 25.8 Å². The first-order chi connectivity index (χ1) is 6.87. The SMILES string of the molecule is CCNCC(OCCC(C)(C)C)C(C)C. The van der Waals surface area contributed by atoms with Crippen molar-refractivity contribution in [2.24, 2.45) is 11.3 Å². The van der Waals surface area contributed by atoms with E-state index in [1.165, 1.54) is 0 Å². The van der Waals surface area contributed by atoms with Crippen LogP contribution >= 0.6 is 0 Å². The summed E-state index contributed by atoms with van der Waals surface area (Å²) in [7, 11) is 0. The van der Waals surface area contributed by atoms with Crippen molar-refractivity contribution in [2.75, 3.05) is 19.7 Å². The summed E-state index contributed by atoms with van der Waals surface area (Å²) in [5.41, 5.74) is 0.375. The fourth-order valence-electron chi connectivity index (χ4n) is 1.29. The van der Waals surface area contributed by atoms with Crippen LogP contribution in [0.2, 0.25) is 0 Å². The van der Waals surface area contributed by atoms with Gasteiger partial charge in [-0.25, -0.2) is 0 Å². The van der Waals surface area contributed by atoms with Gasteiger partial charge in [0.1, 0.15) is 0 Å². The summed E-state index contributed by atoms with van der Waals surface area (Å²) in [6.07, 6.45) is 1.48. The Morgan fingerprint density at radius 3 is 2.20 bits per heavy atom. The Kier molecular flexibility index (Phi) is 7.20. The summed E-state index contributed by atoms with van der Waals surface area (Å²) in [5.74, 6) is 0.587. The molecular weight excluding hydrogens is 186 g/mol. The molecule has 0 aliphatic carbocycles. The van der Waals surface area contributed by atoms with Crippen LogP contribution in [-0.2, 0) is 4.74 Å². The zero-order valence-electron chi connectivity index (χ0n) is 11.4. The molecule has 0 spiro atoms. The highest BCUT2D eigenvalue weighted by Crippen LogP contribution is 2.19. The fraction of sp³-hybridized carbons (Fsp3) is 1.00. The van der Waals surface area contributed by atoms with Gasteiger partial charge >= 0.3 is 0 Å². The average molecular weight is 215 g/mol. The van der Waals surface area contributed by atoms with Gasteiger partial charge in [0.05, 0.1) is 6.10 Å². The second-order valence-corrected chi connectivity index (χ2v) is 5.77. The standard InChI is InChI=1S/C13H29NO/c1-7-14-10-12(11(2)3)15-9-8-13(4,5)6/h11-12,14H,7-10H2,1-6H3. The van der Waals surface area contributed by atoms with Crippen LogP contribution in [0.4, 0.5) is 0 Å². The van der Waals surface area contributed by atoms with Crippen LogP contribution in [0, 0.1) is 11.3 Å². The summed E-state index contributed by atoms with van der Waals surface area (Å²) in [5, 5.41) is 3.35. The summed E-state index contributed by atoms with van der Waals surface area (Å²) in [6, 6.07) is 0. The van der Waals surface area contributed by atoms with E-state index in [0.717, 1.165) is 26.1 Å². The molecule has 0 bridgehead atoms. The second kappa shape index (κ2) is 7.24. The molecule has 1 unspecified atom stereocenters. The predicted molar refractivity (Wildman–Crippen MR) is 67.2 cm³/mol. The number of likely N-dealkylation sites (N-methyl/N-ethyl adjacent to an activating group) is 1. The third-order valence-corrected chi connectivity index (χ3v) is 2.52. The molecule has 0 saturated carbocycles. The van der Waals surface area contributed by atoms with Crippen LogP contribution in [0.3, 0.4) is 0 Å². The second-order valence-electron chi connectivity index (χ2n) is 5.77. The predicted octanol–water partition coefficient (Wildman–Crippen LogP) is 3.07. The van der Waals surface area contributed by atoms with Gasteiger partial charge in [-0.2, -0.15) is 0 Å². The Morgan fingerprint density at radius 1 is 1.20 bits per heavy atom. The molecule has 0 radical (unpaired) electrons. The van der Waals surface area contributed by atoms with Gasteiger partial charge in [0.2, 0.25) is 0 Å². The summed E-state index contributed by atoms with van der Waals surface area (Å²) in [6.45, 7) is 16.2. The molecule has 15 heavy (non-hydrogen) atoms. The number of ether oxygens (including phenoxy) is 1. The van der Waals surface area contributed by atoms with Gasteiger partial charge in [-0.15, -0.1) is 0 Å². The third kappa shape index (κ3) is 8.88. The van der Waals surface area contributed by atoms with E-state index >= 15 is 0 Å². The van der Waals surface area contributed by atoms with Crippen molar-refractivity contribution < 1.29 is 4.74 Å². The van der Waals surface area contributed by atoms with Crippen LogP contribution in [0.25, 0.3) is 0 Å². The minimum atomic E-state index is 0.354. The first-order valence-corrected chi connectivity index (χ1v) is 6.19. The Labute approximate surface area is 95.8 Å². The van der Waals surface area contributed by atoms with E-state index < -0.39 is 0 Å². The summed E-state index contributed by atoms with van der Waals surface area (Å²) >= 11 is 0. The van der Waals surface area contributed by atoms with Crippen molar-refractivity contribution in [3.63, 3.8) is 0 Å². The van der Waals surface area contributed by atoms with Crippen molar-refractivity contribution in [2.45, 2.75) is 54.1 Å². The molecule has 92 valence electrons. The Balaban J connectivity index is 3.76. The molecule has 0 rings (SSSR count). The topological polar surface area (TPSA) is 21.3 Å². The zero-order valence-corrected chi connectivity index (χ0v) is 11.4. The summed E-state index contributed by atoms with van der Waals surface area (Å²) < 4.78 is 5.92. The van der Waals surface area contributed by atoms with Crippen molar-refractivity contribution in [1.82, 2.24) is 5.32 Å². The van der Waals surface area contributed by atoms with E-state index in [2.05, 4.69) is 46.9 Å². The lowest BCUT2D eigenvalue weighted by atomic mass is 9.93. The molecule has 0 heterocycles. The molecular formula is C13H29NO. The molecule has 0 fully saturated rings. The maximum Gasteiger partial charge on any atom is 0.0722 e. The zero-order chi connectivity index (χ0) is 11.9. The monoisotopic (exact) mass is 215 g/mol. The lowest BCUT2D eigenvalue weighted by Gasteiger charge is -2.24. The lowest BCUT2D eigenvalue weighted by molar-refractivity contribution is 0.0110. The fourth-order valence-corrected chi connectivity index (χ4v) is 1.29. The average Bonchev–Trinajstić information content (AvgIpc) is 2.08. The smallest absolute Gasteiger partial charge is 0.0722 e. The molecule has 1 N–H and O–H groups in total. The number of nitrogens with one attached hydrogen (secondary N) is 1. The molecule has 0 saturated heterocycles. The molecule has 0 aromatic heterocycles. The van der Waals surface area contributed by atoms with Gasteiger partial charge in [-0.3, -0.25) is 0 Å². The van der Waals surface area contributed by atoms with Gasteiger partial charge < -0.3 is 10.1 Å². The Hall–Kier alpha value is -0.0800. The molecule has 0 aliphatic rings. The molecule has 0 amide bonds. The minimum Gasteiger partial charge on any atom is -0.377 e. The van der Waals surface area contributed by atoms with Crippen molar-refractivity contribution in [3.8, 4) is 0 Å². The Morgan fingerprint density at radius 2 is 1.80 bits per heavy atom. The van der Waals surface area contributed by atoms with E-state index in [0.29, 0.717) is 17.4 Å². The molecule has 0 aromatic rings. The van der Waals surface area contributed by atoms with E-state index in [4.69, 9.17) is 4.74 Å². The van der Waals surface area contributed by atoms with Gasteiger partial charge in [-0.05, 0) is 24.3 Å². The van der Waals surface area contributed by atoms with Crippen LogP contribution in [0.1, 0.15) is 48.0 Å². The molecule has 2 heteroatoms. The number of hydrogen-bond acceptors (Lipinski definition) is 2. The highest BCUT2D eigenvalue weighted by Gasteiger charge is 2.15. The minimum absolute atomic E-state index is 0.354. The van der Waals surface area contributed by atoms with Gasteiger partial charge in [0.15, 0.2) is 0 Å². The first-order valence-electron chi connectivity index (χ1n) is 6.19. The normalized spacial score (nSPS) is 14.6. The molecule has 0 aliphatic heterocycles. The third-order valence-electron chi connectivity index (χ3n) is 2.52. The highest BCUT2D eigenvalue weighted by atomic mass is 16.5. The molecule has 1 atom stereocenters. The van der Waals surface area contributed by atoms with Gasteiger partial charge in [0, 0.05) is 13.2 Å². The van der Waals surface area contributed by atoms with Crippen LogP contribution in [0.5, 0.6) is 0 Å². The number of hydrogen-bond donors (Lipinski definition) is 1. The maximum atomic E-state index is 5.92. The Bertz CT molecular complexity index is 149.